The highest BCUT2D eigenvalue weighted by Gasteiger charge is 2.19. The molecule has 2 aromatic heterocycles. The van der Waals surface area contributed by atoms with Crippen LogP contribution in [0.5, 0.6) is 34.6 Å². The molecule has 0 radical (unpaired) electrons. The minimum Gasteiger partial charge on any atom is -0.508 e. The summed E-state index contributed by atoms with van der Waals surface area (Å²) in [5.41, 5.74) is 16.3. The first-order valence-electron chi connectivity index (χ1n) is 28.5. The van der Waals surface area contributed by atoms with Crippen molar-refractivity contribution in [1.82, 2.24) is 14.4 Å². The number of phenols is 1. The number of Topliss-reactive ketones (excluding diaryl/α,β-unsaturated/α-hetero) is 2. The SMILES string of the molecule is C.CC(C)(C)OCl.CCOC(C)C(=O)Cc1ccc(OC)cc1.COc1ccc(CC(=O)C=[N+]=[N-])cc1.COc1ccc(CC(=O)Cl)cc1.COc1ccc(Cc2nc3c(Cc4ccccc4)nc(-c4ccc(O)cc4)cn3c2O)cc1.N#CCC1CCCO1. The molecule has 18 nitrogen and oxygen atoms in total. The maximum Gasteiger partial charge on any atom is 0.323 e. The van der Waals surface area contributed by atoms with E-state index in [1.54, 1.807) is 94.5 Å². The largest absolute Gasteiger partial charge is 0.508 e. The molecule has 0 bridgehead atoms. The van der Waals surface area contributed by atoms with Crippen molar-refractivity contribution >= 4 is 52.1 Å². The number of methoxy groups -OCH3 is 4. The fourth-order valence-corrected chi connectivity index (χ4v) is 8.33. The first kappa shape index (κ1) is 75.3. The highest BCUT2D eigenvalue weighted by Crippen LogP contribution is 2.30. The van der Waals surface area contributed by atoms with E-state index in [9.17, 15) is 24.6 Å². The fraction of sp³-hybridized carbons (Fsp3) is 0.329. The summed E-state index contributed by atoms with van der Waals surface area (Å²) < 4.78 is 36.7. The van der Waals surface area contributed by atoms with Crippen molar-refractivity contribution in [2.45, 2.75) is 111 Å². The van der Waals surface area contributed by atoms with Crippen LogP contribution in [-0.4, -0.2) is 112 Å². The lowest BCUT2D eigenvalue weighted by molar-refractivity contribution is -0.128. The van der Waals surface area contributed by atoms with Gasteiger partial charge in [0.1, 0.15) is 40.5 Å². The molecule has 0 saturated carbocycles. The Labute approximate surface area is 538 Å². The van der Waals surface area contributed by atoms with Crippen molar-refractivity contribution in [3.63, 3.8) is 0 Å². The summed E-state index contributed by atoms with van der Waals surface area (Å²) in [6.07, 6.45) is 7.35. The van der Waals surface area contributed by atoms with Crippen LogP contribution < -0.4 is 18.9 Å². The highest BCUT2D eigenvalue weighted by atomic mass is 35.5. The number of nitriles is 1. The van der Waals surface area contributed by atoms with Crippen molar-refractivity contribution in [1.29, 1.82) is 5.26 Å². The second kappa shape index (κ2) is 40.6. The third kappa shape index (κ3) is 27.6. The Morgan fingerprint density at radius 3 is 1.62 bits per heavy atom. The minimum atomic E-state index is -0.347. The zero-order chi connectivity index (χ0) is 65.1. The van der Waals surface area contributed by atoms with Gasteiger partial charge in [0.25, 0.3) is 0 Å². The molecular weight excluding hydrogens is 1190 g/mol. The van der Waals surface area contributed by atoms with E-state index >= 15 is 0 Å². The van der Waals surface area contributed by atoms with Gasteiger partial charge in [0.15, 0.2) is 11.4 Å². The molecule has 1 aliphatic rings. The molecule has 6 aromatic carbocycles. The number of nitrogens with zero attached hydrogens (tertiary/aromatic N) is 6. The Hall–Kier alpha value is -8.92. The maximum absolute atomic E-state index is 11.7. The van der Waals surface area contributed by atoms with Gasteiger partial charge in [-0.3, -0.25) is 23.1 Å². The summed E-state index contributed by atoms with van der Waals surface area (Å²) >= 11 is 10.2. The Balaban J connectivity index is 0.000000313. The van der Waals surface area contributed by atoms with E-state index in [-0.39, 0.29) is 66.5 Å². The minimum absolute atomic E-state index is 0. The number of phenolic OH excluding ortho intramolecular Hbond substituents is 1. The van der Waals surface area contributed by atoms with E-state index in [1.807, 2.05) is 131 Å². The number of fused-ring (bicyclic) bond motifs is 1. The van der Waals surface area contributed by atoms with Crippen molar-refractivity contribution in [3.8, 4) is 52.0 Å². The van der Waals surface area contributed by atoms with Gasteiger partial charge in [-0.15, -0.1) is 0 Å². The van der Waals surface area contributed by atoms with Crippen LogP contribution in [0.25, 0.3) is 22.4 Å². The van der Waals surface area contributed by atoms with Gasteiger partial charge in [-0.1, -0.05) is 86.3 Å². The van der Waals surface area contributed by atoms with Crippen LogP contribution in [0.15, 0.2) is 158 Å². The Morgan fingerprint density at radius 2 is 1.19 bits per heavy atom. The number of benzene rings is 6. The molecule has 90 heavy (non-hydrogen) atoms. The summed E-state index contributed by atoms with van der Waals surface area (Å²) in [5.74, 6) is 3.26. The van der Waals surface area contributed by atoms with Gasteiger partial charge in [0.2, 0.25) is 16.9 Å². The van der Waals surface area contributed by atoms with Crippen LogP contribution in [0.4, 0.5) is 0 Å². The molecule has 1 fully saturated rings. The molecule has 0 amide bonds. The number of carbonyl (C=O) groups excluding carboxylic acids is 3. The standard InChI is InChI=1S/C27H23N3O3.C13H18O3.C10H10N2O2.C9H9ClO2.C6H9NO.C4H9ClO.CH4/c1-33-22-13-7-19(8-14-22)16-24-27(32)30-17-25(20-9-11-21(31)12-10-20)28-23(26(30)29-24)15-18-5-3-2-4-6-18;1-4-16-10(2)13(14)9-11-5-7-12(15-3)8-6-11;1-14-10-4-2-8(3-5-10)6-9(13)7-12-11;1-12-8-4-2-7(3-5-8)6-9(10)11;7-4-3-6-2-1-5-8-6;1-4(2,3)6-5;/h2-14,17,31-32H,15-16H2,1H3;5-8,10H,4,9H2,1-3H3;2-5,7H,6H2,1H3;2-5H,6H2,1H3;6H,1-3,5H2;1-3H3;1H4. The number of ketones is 2. The summed E-state index contributed by atoms with van der Waals surface area (Å²) in [6.45, 7) is 10.8. The van der Waals surface area contributed by atoms with Crippen LogP contribution in [0.3, 0.4) is 0 Å². The summed E-state index contributed by atoms with van der Waals surface area (Å²) in [6, 6.07) is 48.6. The van der Waals surface area contributed by atoms with Gasteiger partial charge in [-0.25, -0.2) is 9.97 Å². The third-order valence-electron chi connectivity index (χ3n) is 12.9. The van der Waals surface area contributed by atoms with Crippen molar-refractivity contribution in [3.05, 3.63) is 203 Å². The molecule has 8 aromatic rings. The quantitative estimate of drug-likeness (QED) is 0.0312. The zero-order valence-corrected chi connectivity index (χ0v) is 53.2. The van der Waals surface area contributed by atoms with Crippen LogP contribution in [0.2, 0.25) is 0 Å². The highest BCUT2D eigenvalue weighted by molar-refractivity contribution is 6.63. The zero-order valence-electron chi connectivity index (χ0n) is 51.7. The monoisotopic (exact) mass is 1270 g/mol. The number of ether oxygens (including phenoxy) is 6. The molecule has 1 saturated heterocycles. The molecule has 2 atom stereocenters. The van der Waals surface area contributed by atoms with Crippen LogP contribution in [0, 0.1) is 11.3 Å². The van der Waals surface area contributed by atoms with E-state index in [2.05, 4.69) is 15.1 Å². The second-order valence-corrected chi connectivity index (χ2v) is 21.3. The molecule has 9 rings (SSSR count). The molecule has 2 unspecified atom stereocenters. The average Bonchev–Trinajstić information content (AvgIpc) is 1.61. The molecule has 0 aliphatic carbocycles. The fourth-order valence-electron chi connectivity index (χ4n) is 8.17. The normalized spacial score (nSPS) is 12.1. The number of rotatable bonds is 20. The van der Waals surface area contributed by atoms with E-state index in [0.717, 1.165) is 87.7 Å². The molecular formula is C70H82Cl2N6O12. The number of hydrogen-bond acceptors (Lipinski definition) is 15. The smallest absolute Gasteiger partial charge is 0.323 e. The first-order valence-corrected chi connectivity index (χ1v) is 29.2. The lowest BCUT2D eigenvalue weighted by Gasteiger charge is -2.10. The summed E-state index contributed by atoms with van der Waals surface area (Å²) in [5, 5.41) is 28.6. The average molecular weight is 1270 g/mol. The van der Waals surface area contributed by atoms with Crippen LogP contribution in [0.1, 0.15) is 101 Å². The van der Waals surface area contributed by atoms with Gasteiger partial charge in [-0.05, 0) is 160 Å². The number of hydrogen-bond donors (Lipinski definition) is 2. The molecule has 3 heterocycles. The van der Waals surface area contributed by atoms with Gasteiger partial charge in [0, 0.05) is 57.1 Å². The summed E-state index contributed by atoms with van der Waals surface area (Å²) in [7, 11) is 6.44. The van der Waals surface area contributed by atoms with E-state index < -0.39 is 0 Å². The topological polar surface area (TPSA) is 247 Å². The van der Waals surface area contributed by atoms with Crippen LogP contribution >= 0.6 is 23.5 Å². The number of halogens is 2. The molecule has 478 valence electrons. The molecule has 1 aliphatic heterocycles. The Morgan fingerprint density at radius 1 is 0.722 bits per heavy atom. The summed E-state index contributed by atoms with van der Waals surface area (Å²) in [4.78, 5) is 45.6. The van der Waals surface area contributed by atoms with E-state index in [4.69, 9.17) is 72.6 Å². The van der Waals surface area contributed by atoms with Gasteiger partial charge in [0.05, 0.1) is 75.9 Å². The molecule has 2 N–H and O–H groups in total. The predicted molar refractivity (Wildman–Crippen MR) is 351 cm³/mol. The van der Waals surface area contributed by atoms with Crippen molar-refractivity contribution < 1.29 is 62.1 Å². The lowest BCUT2D eigenvalue weighted by Crippen LogP contribution is -2.22. The van der Waals surface area contributed by atoms with E-state index in [1.165, 1.54) is 0 Å². The lowest BCUT2D eigenvalue weighted by atomic mass is 10.1. The van der Waals surface area contributed by atoms with Crippen LogP contribution in [-0.2, 0) is 60.3 Å². The number of carbonyl (C=O) groups is 3. The molecule has 20 heteroatoms. The Kier molecular flexibility index (Phi) is 34.0. The van der Waals surface area contributed by atoms with Crippen molar-refractivity contribution in [2.24, 2.45) is 0 Å². The maximum atomic E-state index is 11.7. The first-order chi connectivity index (χ1) is 42.7. The molecule has 0 spiro atoms. The number of imidazole rings is 1. The second-order valence-electron chi connectivity index (χ2n) is 20.8. The number of aromatic nitrogens is 3. The number of aromatic hydroxyl groups is 2. The third-order valence-corrected chi connectivity index (χ3v) is 13.4. The Bertz CT molecular complexity index is 3490. The van der Waals surface area contributed by atoms with Gasteiger partial charge in [-0.2, -0.15) is 10.1 Å². The predicted octanol–water partition coefficient (Wildman–Crippen LogP) is 14.0. The van der Waals surface area contributed by atoms with Gasteiger partial charge < -0.3 is 44.2 Å². The van der Waals surface area contributed by atoms with Gasteiger partial charge >= 0.3 is 6.21 Å². The van der Waals surface area contributed by atoms with E-state index in [0.29, 0.717) is 49.3 Å². The van der Waals surface area contributed by atoms with Crippen molar-refractivity contribution in [2.75, 3.05) is 41.7 Å².